The van der Waals surface area contributed by atoms with Gasteiger partial charge in [-0.15, -0.1) is 0 Å². The molecule has 0 aliphatic carbocycles. The van der Waals surface area contributed by atoms with Gasteiger partial charge >= 0.3 is 0 Å². The third-order valence-electron chi connectivity index (χ3n) is 2.32. The van der Waals surface area contributed by atoms with Crippen LogP contribution >= 0.6 is 11.6 Å². The van der Waals surface area contributed by atoms with Gasteiger partial charge in [-0.3, -0.25) is 0 Å². The second-order valence-corrected chi connectivity index (χ2v) is 4.04. The Hall–Kier alpha value is -0.830. The van der Waals surface area contributed by atoms with E-state index < -0.39 is 0 Å². The van der Waals surface area contributed by atoms with Crippen molar-refractivity contribution in [1.82, 2.24) is 10.2 Å². The first-order valence-corrected chi connectivity index (χ1v) is 5.95. The lowest BCUT2D eigenvalue weighted by Crippen LogP contribution is -2.28. The minimum absolute atomic E-state index is 0.836. The van der Waals surface area contributed by atoms with E-state index in [0.717, 1.165) is 26.2 Å². The Morgan fingerprint density at radius 2 is 2.06 bits per heavy atom. The van der Waals surface area contributed by atoms with Crippen molar-refractivity contribution < 1.29 is 0 Å². The van der Waals surface area contributed by atoms with Crippen molar-refractivity contribution in [2.45, 2.75) is 6.54 Å². The molecule has 1 N–H and O–H groups in total. The second-order valence-electron chi connectivity index (χ2n) is 3.79. The number of nitrogens with zero attached hydrogens (tertiary/aromatic N) is 1. The maximum absolute atomic E-state index is 5.42. The third-order valence-corrected chi connectivity index (χ3v) is 2.50. The Labute approximate surface area is 103 Å². The molecule has 0 amide bonds. The van der Waals surface area contributed by atoms with E-state index in [4.69, 9.17) is 11.6 Å². The van der Waals surface area contributed by atoms with Gasteiger partial charge in [-0.05, 0) is 12.6 Å². The lowest BCUT2D eigenvalue weighted by Gasteiger charge is -2.16. The monoisotopic (exact) mass is 238 g/mol. The summed E-state index contributed by atoms with van der Waals surface area (Å²) in [4.78, 5) is 2.30. The zero-order valence-electron chi connectivity index (χ0n) is 9.70. The van der Waals surface area contributed by atoms with Crippen LogP contribution in [0.25, 0.3) is 0 Å². The molecule has 0 aliphatic rings. The van der Waals surface area contributed by atoms with Crippen LogP contribution in [-0.4, -0.2) is 31.6 Å². The fourth-order valence-corrected chi connectivity index (χ4v) is 1.56. The van der Waals surface area contributed by atoms with Crippen molar-refractivity contribution in [3.8, 4) is 0 Å². The van der Waals surface area contributed by atoms with Gasteiger partial charge in [-0.25, -0.2) is 0 Å². The molecule has 0 unspecified atom stereocenters. The summed E-state index contributed by atoms with van der Waals surface area (Å²) in [5.41, 5.74) is 2.89. The molecule has 2 nitrogen and oxygen atoms in total. The van der Waals surface area contributed by atoms with Crippen LogP contribution in [0.5, 0.6) is 0 Å². The van der Waals surface area contributed by atoms with Crippen molar-refractivity contribution in [1.29, 1.82) is 0 Å². The SMILES string of the molecule is CN(CCNC/C=C/Cl)Cc1ccccc1. The van der Waals surface area contributed by atoms with Gasteiger partial charge in [0.25, 0.3) is 0 Å². The molecule has 3 heteroatoms. The van der Waals surface area contributed by atoms with Gasteiger partial charge < -0.3 is 10.2 Å². The van der Waals surface area contributed by atoms with Crippen molar-refractivity contribution in [2.75, 3.05) is 26.7 Å². The smallest absolute Gasteiger partial charge is 0.0231 e. The van der Waals surface area contributed by atoms with Crippen LogP contribution in [-0.2, 0) is 6.54 Å². The average Bonchev–Trinajstić information content (AvgIpc) is 2.30. The molecule has 1 aromatic carbocycles. The minimum Gasteiger partial charge on any atom is -0.312 e. The molecule has 0 fully saturated rings. The lowest BCUT2D eigenvalue weighted by molar-refractivity contribution is 0.326. The summed E-state index contributed by atoms with van der Waals surface area (Å²) in [5.74, 6) is 0. The second kappa shape index (κ2) is 8.34. The highest BCUT2D eigenvalue weighted by molar-refractivity contribution is 6.25. The summed E-state index contributed by atoms with van der Waals surface area (Å²) < 4.78 is 0. The van der Waals surface area contributed by atoms with Crippen LogP contribution in [0.15, 0.2) is 41.9 Å². The first-order valence-electron chi connectivity index (χ1n) is 5.51. The first-order chi connectivity index (χ1) is 7.83. The Balaban J connectivity index is 2.14. The fourth-order valence-electron chi connectivity index (χ4n) is 1.47. The van der Waals surface area contributed by atoms with E-state index in [-0.39, 0.29) is 0 Å². The summed E-state index contributed by atoms with van der Waals surface area (Å²) in [6.07, 6.45) is 1.90. The highest BCUT2D eigenvalue weighted by Crippen LogP contribution is 2.01. The molecule has 0 aliphatic heterocycles. The quantitative estimate of drug-likeness (QED) is 0.735. The van der Waals surface area contributed by atoms with Gasteiger partial charge in [-0.1, -0.05) is 48.0 Å². The number of hydrogen-bond acceptors (Lipinski definition) is 2. The molecule has 0 spiro atoms. The maximum Gasteiger partial charge on any atom is 0.0231 e. The molecule has 0 aromatic heterocycles. The van der Waals surface area contributed by atoms with E-state index in [2.05, 4.69) is 41.5 Å². The largest absolute Gasteiger partial charge is 0.312 e. The number of likely N-dealkylation sites (N-methyl/N-ethyl adjacent to an activating group) is 1. The number of rotatable bonds is 7. The summed E-state index contributed by atoms with van der Waals surface area (Å²) >= 11 is 5.42. The normalized spacial score (nSPS) is 11.4. The molecule has 0 saturated heterocycles. The third kappa shape index (κ3) is 5.91. The molecule has 88 valence electrons. The Kier molecular flexibility index (Phi) is 6.90. The number of benzene rings is 1. The Morgan fingerprint density at radius 1 is 1.31 bits per heavy atom. The van der Waals surface area contributed by atoms with E-state index in [9.17, 15) is 0 Å². The molecule has 0 saturated carbocycles. The molecule has 0 heterocycles. The van der Waals surface area contributed by atoms with Crippen LogP contribution in [0.3, 0.4) is 0 Å². The summed E-state index contributed by atoms with van der Waals surface area (Å²) in [6.45, 7) is 3.84. The number of nitrogens with one attached hydrogen (secondary N) is 1. The van der Waals surface area contributed by atoms with Gasteiger partial charge in [0.15, 0.2) is 0 Å². The van der Waals surface area contributed by atoms with Crippen LogP contribution in [0, 0.1) is 0 Å². The molecule has 0 atom stereocenters. The molecule has 16 heavy (non-hydrogen) atoms. The molecule has 1 aromatic rings. The van der Waals surface area contributed by atoms with Gasteiger partial charge in [0.1, 0.15) is 0 Å². The van der Waals surface area contributed by atoms with Crippen LogP contribution in [0.4, 0.5) is 0 Å². The average molecular weight is 239 g/mol. The summed E-state index contributed by atoms with van der Waals surface area (Å²) in [7, 11) is 2.13. The lowest BCUT2D eigenvalue weighted by atomic mass is 10.2. The minimum atomic E-state index is 0.836. The predicted octanol–water partition coefficient (Wildman–Crippen LogP) is 2.46. The van der Waals surface area contributed by atoms with E-state index >= 15 is 0 Å². The standard InChI is InChI=1S/C13H19ClN2/c1-16(11-10-15-9-5-8-14)12-13-6-3-2-4-7-13/h2-8,15H,9-12H2,1H3/b8-5+. The van der Waals surface area contributed by atoms with E-state index in [1.807, 2.05) is 12.1 Å². The molecular formula is C13H19ClN2. The van der Waals surface area contributed by atoms with Crippen molar-refractivity contribution in [2.24, 2.45) is 0 Å². The topological polar surface area (TPSA) is 15.3 Å². The van der Waals surface area contributed by atoms with E-state index in [1.54, 1.807) is 5.54 Å². The Morgan fingerprint density at radius 3 is 2.75 bits per heavy atom. The van der Waals surface area contributed by atoms with E-state index in [0.29, 0.717) is 0 Å². The molecule has 0 radical (unpaired) electrons. The Bertz CT molecular complexity index is 298. The van der Waals surface area contributed by atoms with Crippen LogP contribution in [0.2, 0.25) is 0 Å². The predicted molar refractivity (Wildman–Crippen MR) is 70.6 cm³/mol. The van der Waals surface area contributed by atoms with Crippen LogP contribution in [0.1, 0.15) is 5.56 Å². The van der Waals surface area contributed by atoms with E-state index in [1.165, 1.54) is 5.56 Å². The van der Waals surface area contributed by atoms with Gasteiger partial charge in [0, 0.05) is 31.7 Å². The molecule has 1 rings (SSSR count). The highest BCUT2D eigenvalue weighted by Gasteiger charge is 1.98. The zero-order chi connectivity index (χ0) is 11.6. The van der Waals surface area contributed by atoms with Crippen molar-refractivity contribution in [3.63, 3.8) is 0 Å². The molecular weight excluding hydrogens is 220 g/mol. The summed E-state index contributed by atoms with van der Waals surface area (Å²) in [5, 5.41) is 3.29. The van der Waals surface area contributed by atoms with Crippen molar-refractivity contribution >= 4 is 11.6 Å². The van der Waals surface area contributed by atoms with Crippen molar-refractivity contribution in [3.05, 3.63) is 47.5 Å². The van der Waals surface area contributed by atoms with Crippen LogP contribution < -0.4 is 5.32 Å². The zero-order valence-corrected chi connectivity index (χ0v) is 10.5. The highest BCUT2D eigenvalue weighted by atomic mass is 35.5. The molecule has 0 bridgehead atoms. The summed E-state index contributed by atoms with van der Waals surface area (Å²) in [6, 6.07) is 10.5. The maximum atomic E-state index is 5.42. The first kappa shape index (κ1) is 13.2. The van der Waals surface area contributed by atoms with Gasteiger partial charge in [-0.2, -0.15) is 0 Å². The van der Waals surface area contributed by atoms with Gasteiger partial charge in [0.05, 0.1) is 0 Å². The number of halogens is 1. The fraction of sp³-hybridized carbons (Fsp3) is 0.385. The number of hydrogen-bond donors (Lipinski definition) is 1. The van der Waals surface area contributed by atoms with Gasteiger partial charge in [0.2, 0.25) is 0 Å².